The van der Waals surface area contributed by atoms with Crippen molar-refractivity contribution in [1.82, 2.24) is 0 Å². The van der Waals surface area contributed by atoms with Gasteiger partial charge in [0, 0.05) is 34.7 Å². The smallest absolute Gasteiger partial charge is 0.806 e. The zero-order valence-corrected chi connectivity index (χ0v) is 33.6. The summed E-state index contributed by atoms with van der Waals surface area (Å²) in [5, 5.41) is 11.7. The van der Waals surface area contributed by atoms with E-state index < -0.39 is 24.8 Å². The van der Waals surface area contributed by atoms with Gasteiger partial charge in [0.25, 0.3) is 5.66 Å². The van der Waals surface area contributed by atoms with E-state index in [0.717, 1.165) is 30.0 Å². The largest absolute Gasteiger partial charge is 1.00 e. The second-order valence-corrected chi connectivity index (χ2v) is 12.8. The molecule has 0 bridgehead atoms. The third-order valence-corrected chi connectivity index (χ3v) is 8.57. The van der Waals surface area contributed by atoms with Crippen LogP contribution in [0.4, 0.5) is 8.78 Å². The molecule has 210 valence electrons. The molecular weight excluding hydrogens is 682 g/mol. The van der Waals surface area contributed by atoms with Crippen molar-refractivity contribution in [2.75, 3.05) is 6.61 Å². The van der Waals surface area contributed by atoms with Crippen molar-refractivity contribution in [2.24, 2.45) is 5.92 Å². The molecule has 0 fully saturated rings. The number of rotatable bonds is 13. The third-order valence-electron chi connectivity index (χ3n) is 5.91. The molecule has 0 spiro atoms. The number of ether oxygens (including phenoxy) is 1. The van der Waals surface area contributed by atoms with Gasteiger partial charge in [-0.1, -0.05) is 72.2 Å². The molecule has 0 aliphatic carbocycles. The van der Waals surface area contributed by atoms with Crippen molar-refractivity contribution < 1.29 is 126 Å². The fraction of sp³-hybridized carbons (Fsp3) is 0.321. The number of halogens is 3. The van der Waals surface area contributed by atoms with E-state index in [2.05, 4.69) is 29.8 Å². The standard InChI is InChI=1S/C28H30BrF2O6PS.3Na/c1-18(2)4-3-13-37-26-12-10-22(15-23(26)27(32)33)21-8-5-19(6-9-21)16-39-17-20-7-11-24(25(29)14-20)28(30,31)38(34,35)36;;;/h5-12,14-15,18H,3-4,13,16-17H2,1-2H3,(H,32,33)(H2,34,35,36);;;/q;3*+1/p-3. The minimum Gasteiger partial charge on any atom is -0.806 e. The fourth-order valence-corrected chi connectivity index (χ4v) is 6.05. The maximum atomic E-state index is 13.9. The van der Waals surface area contributed by atoms with Crippen LogP contribution in [0.1, 0.15) is 53.7 Å². The summed E-state index contributed by atoms with van der Waals surface area (Å²) in [7, 11) is -6.15. The number of thioether (sulfide) groups is 1. The Bertz CT molecular complexity index is 1360. The Morgan fingerprint density at radius 1 is 0.952 bits per heavy atom. The van der Waals surface area contributed by atoms with Crippen LogP contribution in [0.2, 0.25) is 0 Å². The minimum absolute atomic E-state index is 0. The summed E-state index contributed by atoms with van der Waals surface area (Å²) in [5.41, 5.74) is -2.17. The average Bonchev–Trinajstić information content (AvgIpc) is 2.86. The molecule has 0 amide bonds. The first-order valence-electron chi connectivity index (χ1n) is 12.1. The molecule has 0 saturated heterocycles. The molecule has 3 aromatic carbocycles. The summed E-state index contributed by atoms with van der Waals surface area (Å²) in [4.78, 5) is 33.5. The summed E-state index contributed by atoms with van der Waals surface area (Å²) < 4.78 is 44.2. The zero-order chi connectivity index (χ0) is 28.8. The summed E-state index contributed by atoms with van der Waals surface area (Å²) >= 11 is 4.46. The Labute approximate surface area is 324 Å². The number of hydrogen-bond acceptors (Lipinski definition) is 7. The van der Waals surface area contributed by atoms with E-state index in [9.17, 15) is 33.0 Å². The first-order valence-corrected chi connectivity index (χ1v) is 15.6. The minimum atomic E-state index is -6.15. The Morgan fingerprint density at radius 2 is 1.52 bits per heavy atom. The fourth-order valence-electron chi connectivity index (χ4n) is 3.79. The van der Waals surface area contributed by atoms with Crippen molar-refractivity contribution in [3.63, 3.8) is 0 Å². The molecule has 0 N–H and O–H groups in total. The number of carboxylic acids is 1. The van der Waals surface area contributed by atoms with Gasteiger partial charge < -0.3 is 29.0 Å². The van der Waals surface area contributed by atoms with Crippen molar-refractivity contribution in [2.45, 2.75) is 43.9 Å². The summed E-state index contributed by atoms with van der Waals surface area (Å²) in [6.45, 7) is 4.66. The summed E-state index contributed by atoms with van der Waals surface area (Å²) in [6, 6.07) is 16.3. The summed E-state index contributed by atoms with van der Waals surface area (Å²) in [6.07, 6.45) is 1.82. The second kappa shape index (κ2) is 19.4. The van der Waals surface area contributed by atoms with Gasteiger partial charge in [-0.15, -0.1) is 0 Å². The van der Waals surface area contributed by atoms with E-state index >= 15 is 0 Å². The Kier molecular flexibility index (Phi) is 19.8. The molecule has 3 rings (SSSR count). The number of carbonyl (C=O) groups is 1. The number of benzene rings is 3. The molecule has 6 nitrogen and oxygen atoms in total. The molecule has 0 radical (unpaired) electrons. The SMILES string of the molecule is CC(C)CCCOc1ccc(-c2ccc(CSCc3ccc(C(F)(F)P(=O)([O-])[O-])c(Br)c3)cc2)cc1C(=O)[O-].[Na+].[Na+].[Na+]. The predicted octanol–water partition coefficient (Wildman–Crippen LogP) is -3.30. The van der Waals surface area contributed by atoms with Crippen molar-refractivity contribution in [3.8, 4) is 16.9 Å². The molecule has 3 aromatic rings. The van der Waals surface area contributed by atoms with Crippen LogP contribution in [0.3, 0.4) is 0 Å². The molecule has 0 aliphatic heterocycles. The Balaban J connectivity index is 0.00000560. The average molecular weight is 709 g/mol. The van der Waals surface area contributed by atoms with Gasteiger partial charge in [0.2, 0.25) is 0 Å². The zero-order valence-electron chi connectivity index (χ0n) is 24.3. The van der Waals surface area contributed by atoms with E-state index in [1.165, 1.54) is 23.9 Å². The van der Waals surface area contributed by atoms with Gasteiger partial charge in [-0.3, -0.25) is 0 Å². The third kappa shape index (κ3) is 12.2. The van der Waals surface area contributed by atoms with Gasteiger partial charge in [0.05, 0.1) is 12.6 Å². The molecule has 0 aromatic heterocycles. The van der Waals surface area contributed by atoms with Crippen LogP contribution in [-0.2, 0) is 21.7 Å². The van der Waals surface area contributed by atoms with Gasteiger partial charge in [-0.05, 0) is 59.2 Å². The number of hydrogen-bond donors (Lipinski definition) is 0. The Hall–Kier alpha value is 0.770. The predicted molar refractivity (Wildman–Crippen MR) is 146 cm³/mol. The molecule has 14 heteroatoms. The Morgan fingerprint density at radius 3 is 2.07 bits per heavy atom. The molecule has 0 unspecified atom stereocenters. The van der Waals surface area contributed by atoms with E-state index in [1.54, 1.807) is 18.2 Å². The van der Waals surface area contributed by atoms with Gasteiger partial charge in [-0.2, -0.15) is 20.5 Å². The van der Waals surface area contributed by atoms with E-state index in [4.69, 9.17) is 4.74 Å². The number of carbonyl (C=O) groups excluding carboxylic acids is 1. The van der Waals surface area contributed by atoms with Crippen LogP contribution >= 0.6 is 35.3 Å². The van der Waals surface area contributed by atoms with Crippen LogP contribution in [0.5, 0.6) is 5.75 Å². The number of carboxylic acid groups (broad SMARTS) is 1. The van der Waals surface area contributed by atoms with Gasteiger partial charge in [-0.25, -0.2) is 0 Å². The molecular formula is C28H27BrF2Na3O6PS. The van der Waals surface area contributed by atoms with Crippen LogP contribution in [0, 0.1) is 5.92 Å². The number of aromatic carboxylic acids is 1. The van der Waals surface area contributed by atoms with Crippen LogP contribution in [0.15, 0.2) is 65.1 Å². The van der Waals surface area contributed by atoms with Crippen LogP contribution in [0.25, 0.3) is 11.1 Å². The van der Waals surface area contributed by atoms with Crippen molar-refractivity contribution >= 4 is 41.3 Å². The normalized spacial score (nSPS) is 11.2. The quantitative estimate of drug-likeness (QED) is 0.104. The molecule has 0 aliphatic rings. The van der Waals surface area contributed by atoms with Crippen molar-refractivity contribution in [3.05, 3.63) is 87.4 Å². The molecule has 42 heavy (non-hydrogen) atoms. The van der Waals surface area contributed by atoms with Gasteiger partial charge in [0.15, 0.2) is 0 Å². The summed E-state index contributed by atoms with van der Waals surface area (Å²) in [5.74, 6) is 0.601. The first-order chi connectivity index (χ1) is 18.3. The maximum Gasteiger partial charge on any atom is 1.00 e. The van der Waals surface area contributed by atoms with E-state index in [1.807, 2.05) is 24.3 Å². The topological polar surface area (TPSA) is 113 Å². The monoisotopic (exact) mass is 708 g/mol. The van der Waals surface area contributed by atoms with E-state index in [-0.39, 0.29) is 104 Å². The maximum absolute atomic E-state index is 13.9. The molecule has 0 saturated carbocycles. The van der Waals surface area contributed by atoms with E-state index in [0.29, 0.717) is 35.2 Å². The van der Waals surface area contributed by atoms with Crippen LogP contribution in [-0.4, -0.2) is 12.6 Å². The van der Waals surface area contributed by atoms with Gasteiger partial charge in [0.1, 0.15) is 5.75 Å². The van der Waals surface area contributed by atoms with Crippen molar-refractivity contribution in [1.29, 1.82) is 0 Å². The first kappa shape index (κ1) is 42.8. The molecule has 0 atom stereocenters. The van der Waals surface area contributed by atoms with Gasteiger partial charge >= 0.3 is 88.7 Å². The molecule has 0 heterocycles. The second-order valence-electron chi connectivity index (χ2n) is 9.43. The number of alkyl halides is 2. The van der Waals surface area contributed by atoms with Crippen LogP contribution < -0.4 is 108 Å².